The molecule has 3 N–H and O–H groups in total. The van der Waals surface area contributed by atoms with E-state index in [0.717, 1.165) is 0 Å². The van der Waals surface area contributed by atoms with E-state index in [1.54, 1.807) is 47.3 Å². The first-order valence-electron chi connectivity index (χ1n) is 7.92. The summed E-state index contributed by atoms with van der Waals surface area (Å²) in [6, 6.07) is 14.0. The summed E-state index contributed by atoms with van der Waals surface area (Å²) in [5, 5.41) is 16.9. The van der Waals surface area contributed by atoms with Crippen LogP contribution in [0.3, 0.4) is 0 Å². The third kappa shape index (κ3) is 3.72. The van der Waals surface area contributed by atoms with Crippen molar-refractivity contribution in [3.63, 3.8) is 0 Å². The molecule has 0 saturated heterocycles. The number of carbonyl (C=O) groups is 2. The van der Waals surface area contributed by atoms with E-state index in [0.29, 0.717) is 16.5 Å². The normalized spacial score (nSPS) is 10.3. The molecule has 0 aliphatic rings. The van der Waals surface area contributed by atoms with Gasteiger partial charge in [-0.05, 0) is 18.2 Å². The van der Waals surface area contributed by atoms with Gasteiger partial charge in [0.25, 0.3) is 5.91 Å². The molecule has 7 nitrogen and oxygen atoms in total. The molecule has 0 unspecified atom stereocenters. The van der Waals surface area contributed by atoms with Crippen molar-refractivity contribution in [1.29, 1.82) is 0 Å². The number of nitrogens with one attached hydrogen (secondary N) is 2. The minimum absolute atomic E-state index is 0.0959. The van der Waals surface area contributed by atoms with Gasteiger partial charge in [-0.3, -0.25) is 10.1 Å². The van der Waals surface area contributed by atoms with Crippen LogP contribution in [0.1, 0.15) is 0 Å². The summed E-state index contributed by atoms with van der Waals surface area (Å²) in [6.07, 6.45) is 2.93. The number of hydrogen-bond donors (Lipinski definition) is 3. The van der Waals surface area contributed by atoms with Gasteiger partial charge in [-0.2, -0.15) is 4.57 Å². The number of phenols is 1. The molecular weight excluding hydrogens is 334 g/mol. The maximum Gasteiger partial charge on any atom is 0.411 e. The van der Waals surface area contributed by atoms with Crippen LogP contribution in [0.2, 0.25) is 0 Å². The molecule has 0 bridgehead atoms. The Kier molecular flexibility index (Phi) is 4.98. The molecule has 0 aliphatic carbocycles. The van der Waals surface area contributed by atoms with Crippen LogP contribution in [-0.4, -0.2) is 24.2 Å². The van der Waals surface area contributed by atoms with Gasteiger partial charge >= 0.3 is 6.09 Å². The first-order valence-corrected chi connectivity index (χ1v) is 7.92. The Morgan fingerprint density at radius 1 is 0.962 bits per heavy atom. The summed E-state index contributed by atoms with van der Waals surface area (Å²) < 4.78 is 6.29. The average molecular weight is 352 g/mol. The highest BCUT2D eigenvalue weighted by Gasteiger charge is 2.14. The number of rotatable bonds is 4. The topological polar surface area (TPSA) is 91.5 Å². The molecule has 7 heteroatoms. The number of amides is 2. The smallest absolute Gasteiger partial charge is 0.411 e. The van der Waals surface area contributed by atoms with E-state index in [4.69, 9.17) is 0 Å². The highest BCUT2D eigenvalue weighted by Crippen LogP contribution is 2.36. The first-order chi connectivity index (χ1) is 12.6. The van der Waals surface area contributed by atoms with Crippen LogP contribution in [0.4, 0.5) is 16.2 Å². The van der Waals surface area contributed by atoms with Crippen molar-refractivity contribution in [3.8, 4) is 5.75 Å². The Bertz CT molecular complexity index is 958. The van der Waals surface area contributed by atoms with E-state index < -0.39 is 6.09 Å². The fourth-order valence-corrected chi connectivity index (χ4v) is 2.61. The zero-order valence-electron chi connectivity index (χ0n) is 14.1. The Morgan fingerprint density at radius 3 is 2.46 bits per heavy atom. The zero-order chi connectivity index (χ0) is 18.5. The average Bonchev–Trinajstić information content (AvgIpc) is 2.65. The molecule has 0 fully saturated rings. The fourth-order valence-electron chi connectivity index (χ4n) is 2.61. The second kappa shape index (κ2) is 7.52. The molecule has 3 rings (SSSR count). The molecule has 0 aliphatic heterocycles. The maximum atomic E-state index is 12.3. The number of phenolic OH excluding ortho intramolecular Hbond substituents is 1. The number of ether oxygens (including phenoxy) is 1. The number of nitrogens with zero attached hydrogens (tertiary/aromatic N) is 1. The number of methoxy groups -OCH3 is 1. The summed E-state index contributed by atoms with van der Waals surface area (Å²) in [6.45, 7) is 0.172. The fraction of sp³-hybridized carbons (Fsp3) is 0.105. The number of benzene rings is 2. The molecule has 3 aromatic rings. The predicted octanol–water partition coefficient (Wildman–Crippen LogP) is 2.65. The summed E-state index contributed by atoms with van der Waals surface area (Å²) in [5.41, 5.74) is 0.802. The lowest BCUT2D eigenvalue weighted by molar-refractivity contribution is -0.684. The van der Waals surface area contributed by atoms with Crippen molar-refractivity contribution in [2.75, 3.05) is 17.7 Å². The molecule has 2 amide bonds. The lowest BCUT2D eigenvalue weighted by Gasteiger charge is -2.12. The number of aromatic nitrogens is 1. The largest absolute Gasteiger partial charge is 0.505 e. The molecule has 0 saturated carbocycles. The summed E-state index contributed by atoms with van der Waals surface area (Å²) >= 11 is 0. The van der Waals surface area contributed by atoms with Gasteiger partial charge in [-0.1, -0.05) is 18.2 Å². The van der Waals surface area contributed by atoms with Gasteiger partial charge in [0.2, 0.25) is 6.54 Å². The number of anilines is 2. The van der Waals surface area contributed by atoms with Crippen molar-refractivity contribution in [2.24, 2.45) is 0 Å². The summed E-state index contributed by atoms with van der Waals surface area (Å²) in [4.78, 5) is 23.6. The van der Waals surface area contributed by atoms with Crippen LogP contribution in [0.25, 0.3) is 10.8 Å². The van der Waals surface area contributed by atoms with Crippen molar-refractivity contribution in [2.45, 2.75) is 6.54 Å². The summed E-state index contributed by atoms with van der Waals surface area (Å²) in [5.74, 6) is -0.286. The third-order valence-corrected chi connectivity index (χ3v) is 3.83. The van der Waals surface area contributed by atoms with E-state index in [-0.39, 0.29) is 23.9 Å². The Hall–Kier alpha value is -3.61. The zero-order valence-corrected chi connectivity index (χ0v) is 14.1. The van der Waals surface area contributed by atoms with Crippen molar-refractivity contribution < 1.29 is 24.0 Å². The van der Waals surface area contributed by atoms with Crippen LogP contribution in [0.5, 0.6) is 5.75 Å². The number of carbonyl (C=O) groups excluding carboxylic acids is 2. The third-order valence-electron chi connectivity index (χ3n) is 3.83. The standard InChI is InChI=1S/C19H17N3O4/c1-26-19(25)21-16-9-8-13-14(18(16)24)6-5-7-15(13)20-17(23)12-22-10-3-2-4-11-22/h2-11H,12H2,1H3,(H2-,20,21,23,24,25)/p+1. The molecule has 0 spiro atoms. The Morgan fingerprint density at radius 2 is 1.73 bits per heavy atom. The van der Waals surface area contributed by atoms with Gasteiger partial charge in [0.05, 0.1) is 12.8 Å². The number of aromatic hydroxyl groups is 1. The molecular formula is C19H18N3O4+. The second-order valence-corrected chi connectivity index (χ2v) is 5.58. The van der Waals surface area contributed by atoms with Gasteiger partial charge in [0, 0.05) is 28.6 Å². The Balaban J connectivity index is 1.86. The number of fused-ring (bicyclic) bond motifs is 1. The highest BCUT2D eigenvalue weighted by atomic mass is 16.5. The molecule has 0 radical (unpaired) electrons. The van der Waals surface area contributed by atoms with Gasteiger partial charge in [-0.15, -0.1) is 0 Å². The molecule has 0 atom stereocenters. The van der Waals surface area contributed by atoms with Gasteiger partial charge in [0.15, 0.2) is 12.4 Å². The van der Waals surface area contributed by atoms with E-state index in [2.05, 4.69) is 15.4 Å². The van der Waals surface area contributed by atoms with Gasteiger partial charge in [-0.25, -0.2) is 4.79 Å². The number of hydrogen-bond acceptors (Lipinski definition) is 4. The quantitative estimate of drug-likeness (QED) is 0.497. The maximum absolute atomic E-state index is 12.3. The predicted molar refractivity (Wildman–Crippen MR) is 96.9 cm³/mol. The molecule has 1 aromatic heterocycles. The van der Waals surface area contributed by atoms with E-state index >= 15 is 0 Å². The number of pyridine rings is 1. The SMILES string of the molecule is COC(=O)Nc1ccc2c(NC(=O)C[n+]3ccccc3)cccc2c1O. The van der Waals surface area contributed by atoms with E-state index in [9.17, 15) is 14.7 Å². The van der Waals surface area contributed by atoms with Crippen molar-refractivity contribution in [3.05, 3.63) is 60.9 Å². The van der Waals surface area contributed by atoms with Gasteiger partial charge < -0.3 is 15.2 Å². The second-order valence-electron chi connectivity index (χ2n) is 5.58. The van der Waals surface area contributed by atoms with Crippen LogP contribution in [0.15, 0.2) is 60.9 Å². The van der Waals surface area contributed by atoms with Gasteiger partial charge in [0.1, 0.15) is 5.75 Å². The van der Waals surface area contributed by atoms with Crippen molar-refractivity contribution in [1.82, 2.24) is 0 Å². The Labute approximate surface area is 149 Å². The van der Waals surface area contributed by atoms with Crippen LogP contribution in [-0.2, 0) is 16.1 Å². The minimum atomic E-state index is -0.677. The molecule has 132 valence electrons. The van der Waals surface area contributed by atoms with Crippen LogP contribution < -0.4 is 15.2 Å². The van der Waals surface area contributed by atoms with Crippen LogP contribution >= 0.6 is 0 Å². The van der Waals surface area contributed by atoms with E-state index in [1.165, 1.54) is 7.11 Å². The van der Waals surface area contributed by atoms with Crippen molar-refractivity contribution >= 4 is 34.1 Å². The van der Waals surface area contributed by atoms with E-state index in [1.807, 2.05) is 18.2 Å². The molecule has 1 heterocycles. The highest BCUT2D eigenvalue weighted by molar-refractivity contribution is 6.06. The monoisotopic (exact) mass is 352 g/mol. The lowest BCUT2D eigenvalue weighted by Crippen LogP contribution is -2.39. The first kappa shape index (κ1) is 17.2. The summed E-state index contributed by atoms with van der Waals surface area (Å²) in [7, 11) is 1.24. The molecule has 2 aromatic carbocycles. The minimum Gasteiger partial charge on any atom is -0.505 e. The lowest BCUT2D eigenvalue weighted by atomic mass is 10.1. The van der Waals surface area contributed by atoms with Crippen LogP contribution in [0, 0.1) is 0 Å². The molecule has 26 heavy (non-hydrogen) atoms.